The first-order chi connectivity index (χ1) is 14.5. The first-order valence-corrected chi connectivity index (χ1v) is 9.76. The molecule has 30 heavy (non-hydrogen) atoms. The van der Waals surface area contributed by atoms with Gasteiger partial charge in [-0.2, -0.15) is 0 Å². The molecule has 0 radical (unpaired) electrons. The molecule has 1 aromatic heterocycles. The summed E-state index contributed by atoms with van der Waals surface area (Å²) in [6, 6.07) is 16.0. The van der Waals surface area contributed by atoms with Crippen molar-refractivity contribution in [3.05, 3.63) is 48.0 Å². The average molecular weight is 402 g/mol. The molecule has 0 saturated carbocycles. The van der Waals surface area contributed by atoms with Crippen molar-refractivity contribution in [2.45, 2.75) is 13.0 Å². The molecular formula is C23H22N4O3. The number of phenolic OH excluding ortho intramolecular Hbond substituents is 1. The Bertz CT molecular complexity index is 1140. The van der Waals surface area contributed by atoms with Crippen molar-refractivity contribution in [1.82, 2.24) is 14.9 Å². The molecule has 2 aromatic carbocycles. The second kappa shape index (κ2) is 8.39. The molecule has 1 aliphatic rings. The van der Waals surface area contributed by atoms with Crippen LogP contribution in [-0.4, -0.2) is 63.7 Å². The fraction of sp³-hybridized carbons (Fsp3) is 0.261. The Morgan fingerprint density at radius 3 is 2.60 bits per heavy atom. The van der Waals surface area contributed by atoms with Crippen LogP contribution in [0.3, 0.4) is 0 Å². The number of aromatic hydroxyl groups is 1. The Morgan fingerprint density at radius 1 is 1.10 bits per heavy atom. The number of aliphatic hydroxyl groups is 1. The fourth-order valence-electron chi connectivity index (χ4n) is 3.47. The van der Waals surface area contributed by atoms with Gasteiger partial charge in [0.25, 0.3) is 0 Å². The lowest BCUT2D eigenvalue weighted by Crippen LogP contribution is -2.45. The number of carbonyl (C=O) groups excluding carboxylic acids is 1. The Hall–Kier alpha value is -3.63. The highest BCUT2D eigenvalue weighted by Crippen LogP contribution is 2.32. The molecule has 1 fully saturated rings. The van der Waals surface area contributed by atoms with E-state index in [-0.39, 0.29) is 5.75 Å². The number of hydrogen-bond acceptors (Lipinski definition) is 7. The summed E-state index contributed by atoms with van der Waals surface area (Å²) in [6.45, 7) is 4.70. The summed E-state index contributed by atoms with van der Waals surface area (Å²) in [7, 11) is 0. The van der Waals surface area contributed by atoms with Crippen LogP contribution in [0.1, 0.15) is 5.56 Å². The summed E-state index contributed by atoms with van der Waals surface area (Å²) < 4.78 is 0. The quantitative estimate of drug-likeness (QED) is 0.511. The van der Waals surface area contributed by atoms with E-state index in [9.17, 15) is 15.0 Å². The smallest absolute Gasteiger partial charge is 0.171 e. The van der Waals surface area contributed by atoms with Crippen LogP contribution < -0.4 is 4.90 Å². The molecule has 0 spiro atoms. The van der Waals surface area contributed by atoms with Crippen molar-refractivity contribution in [2.75, 3.05) is 31.1 Å². The molecule has 0 amide bonds. The number of piperazine rings is 1. The van der Waals surface area contributed by atoms with E-state index in [1.807, 2.05) is 42.2 Å². The summed E-state index contributed by atoms with van der Waals surface area (Å²) in [5, 5.41) is 20.5. The number of aryl methyl sites for hydroxylation is 1. The molecule has 0 bridgehead atoms. The first kappa shape index (κ1) is 19.7. The lowest BCUT2D eigenvalue weighted by atomic mass is 10.1. The molecule has 7 heteroatoms. The average Bonchev–Trinajstić information content (AvgIpc) is 2.77. The Labute approximate surface area is 174 Å². The molecular weight excluding hydrogens is 380 g/mol. The SMILES string of the molecule is Cc1ccc2c(N3CCN(C#CC(O)C=O)CC3)nc(-c3ccccc3O)nc2c1. The van der Waals surface area contributed by atoms with Crippen molar-refractivity contribution in [1.29, 1.82) is 0 Å². The van der Waals surface area contributed by atoms with Gasteiger partial charge in [-0.15, -0.1) is 0 Å². The molecule has 1 atom stereocenters. The van der Waals surface area contributed by atoms with Crippen LogP contribution >= 0.6 is 0 Å². The van der Waals surface area contributed by atoms with Gasteiger partial charge in [0.05, 0.1) is 11.1 Å². The van der Waals surface area contributed by atoms with Crippen molar-refractivity contribution in [3.63, 3.8) is 0 Å². The van der Waals surface area contributed by atoms with Crippen molar-refractivity contribution < 1.29 is 15.0 Å². The number of phenols is 1. The van der Waals surface area contributed by atoms with Gasteiger partial charge in [0.15, 0.2) is 18.2 Å². The number of aromatic nitrogens is 2. The van der Waals surface area contributed by atoms with Gasteiger partial charge in [0.2, 0.25) is 0 Å². The summed E-state index contributed by atoms with van der Waals surface area (Å²) in [5.74, 6) is 3.97. The zero-order chi connectivity index (χ0) is 21.1. The molecule has 2 heterocycles. The van der Waals surface area contributed by atoms with Crippen LogP contribution in [0.5, 0.6) is 5.75 Å². The van der Waals surface area contributed by atoms with Crippen LogP contribution in [0.25, 0.3) is 22.3 Å². The van der Waals surface area contributed by atoms with Gasteiger partial charge in [-0.3, -0.25) is 4.79 Å². The predicted octanol–water partition coefficient (Wildman–Crippen LogP) is 1.95. The number of fused-ring (bicyclic) bond motifs is 1. The first-order valence-electron chi connectivity index (χ1n) is 9.76. The van der Waals surface area contributed by atoms with Gasteiger partial charge < -0.3 is 20.0 Å². The van der Waals surface area contributed by atoms with E-state index in [1.165, 1.54) is 0 Å². The van der Waals surface area contributed by atoms with Crippen molar-refractivity contribution in [3.8, 4) is 29.1 Å². The number of aliphatic hydroxyl groups excluding tert-OH is 1. The highest BCUT2D eigenvalue weighted by atomic mass is 16.3. The summed E-state index contributed by atoms with van der Waals surface area (Å²) in [4.78, 5) is 24.1. The maximum Gasteiger partial charge on any atom is 0.171 e. The van der Waals surface area contributed by atoms with Gasteiger partial charge in [-0.05, 0) is 42.7 Å². The largest absolute Gasteiger partial charge is 0.507 e. The van der Waals surface area contributed by atoms with E-state index < -0.39 is 6.10 Å². The number of benzene rings is 2. The predicted molar refractivity (Wildman–Crippen MR) is 115 cm³/mol. The fourth-order valence-corrected chi connectivity index (χ4v) is 3.47. The summed E-state index contributed by atoms with van der Waals surface area (Å²) >= 11 is 0. The monoisotopic (exact) mass is 402 g/mol. The van der Waals surface area contributed by atoms with Crippen LogP contribution in [-0.2, 0) is 4.79 Å². The van der Waals surface area contributed by atoms with E-state index in [0.29, 0.717) is 43.9 Å². The molecule has 7 nitrogen and oxygen atoms in total. The van der Waals surface area contributed by atoms with Crippen LogP contribution in [0.2, 0.25) is 0 Å². The molecule has 4 rings (SSSR count). The molecule has 2 N–H and O–H groups in total. The normalized spacial score (nSPS) is 14.9. The number of para-hydroxylation sites is 1. The van der Waals surface area contributed by atoms with Gasteiger partial charge in [-0.1, -0.05) is 18.2 Å². The van der Waals surface area contributed by atoms with E-state index in [1.54, 1.807) is 12.1 Å². The molecule has 152 valence electrons. The topological polar surface area (TPSA) is 89.8 Å². The minimum Gasteiger partial charge on any atom is -0.507 e. The lowest BCUT2D eigenvalue weighted by molar-refractivity contribution is -0.112. The Kier molecular flexibility index (Phi) is 5.50. The standard InChI is InChI=1S/C23H22N4O3/c1-16-6-7-18-20(14-16)24-22(19-4-2-3-5-21(19)30)25-23(18)27-12-10-26(11-13-27)9-8-17(29)15-28/h2-7,14-15,17,29-30H,10-13H2,1H3. The summed E-state index contributed by atoms with van der Waals surface area (Å²) in [5.41, 5.74) is 2.52. The third kappa shape index (κ3) is 4.04. The second-order valence-corrected chi connectivity index (χ2v) is 7.22. The number of anilines is 1. The number of carbonyl (C=O) groups is 1. The number of hydrogen-bond donors (Lipinski definition) is 2. The van der Waals surface area contributed by atoms with Gasteiger partial charge in [0.1, 0.15) is 11.6 Å². The molecule has 1 saturated heterocycles. The second-order valence-electron chi connectivity index (χ2n) is 7.22. The highest BCUT2D eigenvalue weighted by molar-refractivity contribution is 5.92. The maximum atomic E-state index is 10.5. The van der Waals surface area contributed by atoms with E-state index in [0.717, 1.165) is 22.3 Å². The Balaban J connectivity index is 1.69. The van der Waals surface area contributed by atoms with Crippen LogP contribution in [0.15, 0.2) is 42.5 Å². The van der Waals surface area contributed by atoms with E-state index in [4.69, 9.17) is 9.97 Å². The molecule has 1 aliphatic heterocycles. The van der Waals surface area contributed by atoms with Gasteiger partial charge in [0, 0.05) is 37.6 Å². The third-order valence-corrected chi connectivity index (χ3v) is 5.06. The number of rotatable bonds is 3. The third-order valence-electron chi connectivity index (χ3n) is 5.06. The maximum absolute atomic E-state index is 10.5. The Morgan fingerprint density at radius 2 is 1.87 bits per heavy atom. The van der Waals surface area contributed by atoms with Crippen molar-refractivity contribution in [2.24, 2.45) is 0 Å². The minimum absolute atomic E-state index is 0.143. The van der Waals surface area contributed by atoms with Gasteiger partial charge in [-0.25, -0.2) is 9.97 Å². The zero-order valence-electron chi connectivity index (χ0n) is 16.6. The highest BCUT2D eigenvalue weighted by Gasteiger charge is 2.21. The molecule has 1 unspecified atom stereocenters. The van der Waals surface area contributed by atoms with Crippen LogP contribution in [0.4, 0.5) is 5.82 Å². The molecule has 3 aromatic rings. The number of aldehydes is 1. The number of nitrogens with zero attached hydrogens (tertiary/aromatic N) is 4. The lowest BCUT2D eigenvalue weighted by Gasteiger charge is -2.34. The zero-order valence-corrected chi connectivity index (χ0v) is 16.6. The van der Waals surface area contributed by atoms with Crippen LogP contribution in [0, 0.1) is 18.9 Å². The van der Waals surface area contributed by atoms with Crippen molar-refractivity contribution >= 4 is 23.0 Å². The minimum atomic E-state index is -1.25. The summed E-state index contributed by atoms with van der Waals surface area (Å²) in [6.07, 6.45) is -0.836. The molecule has 0 aliphatic carbocycles. The van der Waals surface area contributed by atoms with Gasteiger partial charge >= 0.3 is 0 Å². The van der Waals surface area contributed by atoms with E-state index in [2.05, 4.69) is 16.9 Å². The van der Waals surface area contributed by atoms with E-state index >= 15 is 0 Å².